The van der Waals surface area contributed by atoms with Crippen molar-refractivity contribution in [3.05, 3.63) is 29.3 Å². The highest BCUT2D eigenvalue weighted by Gasteiger charge is 2.07. The highest BCUT2D eigenvalue weighted by atomic mass is 35.5. The molecule has 0 heterocycles. The van der Waals surface area contributed by atoms with Crippen molar-refractivity contribution in [2.75, 3.05) is 18.7 Å². The van der Waals surface area contributed by atoms with E-state index in [9.17, 15) is 4.79 Å². The van der Waals surface area contributed by atoms with E-state index < -0.39 is 0 Å². The monoisotopic (exact) mass is 227 g/mol. The average molecular weight is 228 g/mol. The lowest BCUT2D eigenvalue weighted by Crippen LogP contribution is -2.04. The number of methoxy groups -OCH3 is 1. The second-order valence-electron chi connectivity index (χ2n) is 3.20. The number of carbonyl (C=O) groups is 1. The lowest BCUT2D eigenvalue weighted by Gasteiger charge is -2.06. The molecule has 0 aliphatic heterocycles. The number of nitrogen functional groups attached to an aromatic ring is 1. The summed E-state index contributed by atoms with van der Waals surface area (Å²) in [5.74, 6) is 0.240. The van der Waals surface area contributed by atoms with Crippen molar-refractivity contribution in [2.24, 2.45) is 0 Å². The van der Waals surface area contributed by atoms with Crippen LogP contribution in [0, 0.1) is 0 Å². The number of ether oxygens (including phenoxy) is 1. The number of esters is 1. The number of alkyl halides is 1. The molecule has 0 radical (unpaired) electrons. The zero-order valence-corrected chi connectivity index (χ0v) is 9.38. The van der Waals surface area contributed by atoms with Crippen molar-refractivity contribution in [1.82, 2.24) is 0 Å². The van der Waals surface area contributed by atoms with Crippen LogP contribution in [0.1, 0.15) is 22.3 Å². The van der Waals surface area contributed by atoms with Crippen LogP contribution in [-0.2, 0) is 11.2 Å². The number of anilines is 1. The van der Waals surface area contributed by atoms with E-state index in [1.165, 1.54) is 7.11 Å². The Balaban J connectivity index is 2.89. The van der Waals surface area contributed by atoms with Crippen molar-refractivity contribution in [1.29, 1.82) is 0 Å². The zero-order chi connectivity index (χ0) is 11.3. The van der Waals surface area contributed by atoms with Crippen LogP contribution in [0.3, 0.4) is 0 Å². The molecule has 0 amide bonds. The van der Waals surface area contributed by atoms with Gasteiger partial charge < -0.3 is 10.5 Å². The molecule has 82 valence electrons. The summed E-state index contributed by atoms with van der Waals surface area (Å²) < 4.78 is 4.63. The first-order valence-electron chi connectivity index (χ1n) is 4.71. The Bertz CT molecular complexity index is 352. The third-order valence-corrected chi connectivity index (χ3v) is 2.41. The van der Waals surface area contributed by atoms with E-state index in [1.807, 2.05) is 0 Å². The number of hydrogen-bond donors (Lipinski definition) is 1. The van der Waals surface area contributed by atoms with E-state index >= 15 is 0 Å². The number of benzene rings is 1. The largest absolute Gasteiger partial charge is 0.465 e. The van der Waals surface area contributed by atoms with Crippen molar-refractivity contribution in [3.63, 3.8) is 0 Å². The smallest absolute Gasteiger partial charge is 0.337 e. The van der Waals surface area contributed by atoms with Crippen molar-refractivity contribution in [2.45, 2.75) is 12.8 Å². The second kappa shape index (κ2) is 5.61. The van der Waals surface area contributed by atoms with Gasteiger partial charge in [0.2, 0.25) is 0 Å². The van der Waals surface area contributed by atoms with Gasteiger partial charge in [-0.3, -0.25) is 0 Å². The molecule has 0 aliphatic carbocycles. The van der Waals surface area contributed by atoms with Gasteiger partial charge in [-0.25, -0.2) is 4.79 Å². The van der Waals surface area contributed by atoms with E-state index in [2.05, 4.69) is 4.74 Å². The maximum atomic E-state index is 11.3. The molecule has 4 heteroatoms. The van der Waals surface area contributed by atoms with Crippen LogP contribution in [0.2, 0.25) is 0 Å². The molecular formula is C11H14ClNO2. The van der Waals surface area contributed by atoms with Crippen LogP contribution in [-0.4, -0.2) is 19.0 Å². The summed E-state index contributed by atoms with van der Waals surface area (Å²) in [5, 5.41) is 0. The number of halogens is 1. The molecule has 0 saturated carbocycles. The second-order valence-corrected chi connectivity index (χ2v) is 3.58. The highest BCUT2D eigenvalue weighted by molar-refractivity contribution is 6.17. The Hall–Kier alpha value is -1.22. The molecule has 0 aromatic heterocycles. The van der Waals surface area contributed by atoms with Gasteiger partial charge in [0.05, 0.1) is 12.7 Å². The lowest BCUT2D eigenvalue weighted by atomic mass is 10.0. The minimum Gasteiger partial charge on any atom is -0.465 e. The molecule has 2 N–H and O–H groups in total. The van der Waals surface area contributed by atoms with Gasteiger partial charge in [0, 0.05) is 11.6 Å². The first kappa shape index (κ1) is 11.9. The zero-order valence-electron chi connectivity index (χ0n) is 8.63. The normalized spacial score (nSPS) is 10.0. The highest BCUT2D eigenvalue weighted by Crippen LogP contribution is 2.16. The molecular weight excluding hydrogens is 214 g/mol. The molecule has 3 nitrogen and oxygen atoms in total. The summed E-state index contributed by atoms with van der Waals surface area (Å²) in [5.41, 5.74) is 7.93. The molecule has 1 rings (SSSR count). The summed E-state index contributed by atoms with van der Waals surface area (Å²) in [6, 6.07) is 5.13. The molecule has 0 bridgehead atoms. The molecule has 0 spiro atoms. The summed E-state index contributed by atoms with van der Waals surface area (Å²) in [7, 11) is 1.36. The fourth-order valence-electron chi connectivity index (χ4n) is 1.32. The Labute approximate surface area is 94.2 Å². The van der Waals surface area contributed by atoms with Crippen molar-refractivity contribution < 1.29 is 9.53 Å². The standard InChI is InChI=1S/C11H14ClNO2/c1-15-11(14)9-4-5-10(13)8(7-9)3-2-6-12/h4-5,7H,2-3,6,13H2,1H3. The van der Waals surface area contributed by atoms with Crippen LogP contribution < -0.4 is 5.73 Å². The molecule has 1 aromatic carbocycles. The van der Waals surface area contributed by atoms with E-state index in [-0.39, 0.29) is 5.97 Å². The minimum atomic E-state index is -0.345. The average Bonchev–Trinajstić information content (AvgIpc) is 2.27. The fraction of sp³-hybridized carbons (Fsp3) is 0.364. The van der Waals surface area contributed by atoms with Gasteiger partial charge >= 0.3 is 5.97 Å². The number of nitrogens with two attached hydrogens (primary N) is 1. The van der Waals surface area contributed by atoms with E-state index in [0.29, 0.717) is 17.1 Å². The molecule has 1 aromatic rings. The molecule has 0 atom stereocenters. The third-order valence-electron chi connectivity index (χ3n) is 2.14. The lowest BCUT2D eigenvalue weighted by molar-refractivity contribution is 0.0600. The third kappa shape index (κ3) is 3.13. The van der Waals surface area contributed by atoms with Gasteiger partial charge in [-0.05, 0) is 36.6 Å². The summed E-state index contributed by atoms with van der Waals surface area (Å²) in [6.07, 6.45) is 1.62. The quantitative estimate of drug-likeness (QED) is 0.488. The molecule has 0 unspecified atom stereocenters. The molecule has 0 fully saturated rings. The van der Waals surface area contributed by atoms with Gasteiger partial charge in [0.1, 0.15) is 0 Å². The molecule has 15 heavy (non-hydrogen) atoms. The number of carbonyl (C=O) groups excluding carboxylic acids is 1. The van der Waals surface area contributed by atoms with Crippen molar-refractivity contribution in [3.8, 4) is 0 Å². The number of aryl methyl sites for hydroxylation is 1. The van der Waals surface area contributed by atoms with Gasteiger partial charge in [0.15, 0.2) is 0 Å². The van der Waals surface area contributed by atoms with Crippen LogP contribution in [0.25, 0.3) is 0 Å². The first-order valence-corrected chi connectivity index (χ1v) is 5.25. The predicted molar refractivity (Wildman–Crippen MR) is 61.2 cm³/mol. The SMILES string of the molecule is COC(=O)c1ccc(N)c(CCCCl)c1. The number of rotatable bonds is 4. The van der Waals surface area contributed by atoms with E-state index in [1.54, 1.807) is 18.2 Å². The maximum absolute atomic E-state index is 11.3. The Morgan fingerprint density at radius 3 is 2.87 bits per heavy atom. The van der Waals surface area contributed by atoms with Crippen LogP contribution in [0.15, 0.2) is 18.2 Å². The van der Waals surface area contributed by atoms with E-state index in [4.69, 9.17) is 17.3 Å². The Morgan fingerprint density at radius 1 is 1.53 bits per heavy atom. The summed E-state index contributed by atoms with van der Waals surface area (Å²) in [6.45, 7) is 0. The van der Waals surface area contributed by atoms with Gasteiger partial charge in [0.25, 0.3) is 0 Å². The molecule has 0 aliphatic rings. The van der Waals surface area contributed by atoms with Crippen LogP contribution >= 0.6 is 11.6 Å². The molecule has 0 saturated heterocycles. The summed E-state index contributed by atoms with van der Waals surface area (Å²) >= 11 is 5.60. The maximum Gasteiger partial charge on any atom is 0.337 e. The van der Waals surface area contributed by atoms with Gasteiger partial charge in [-0.1, -0.05) is 0 Å². The van der Waals surface area contributed by atoms with Gasteiger partial charge in [-0.15, -0.1) is 11.6 Å². The predicted octanol–water partition coefficient (Wildman–Crippen LogP) is 2.23. The topological polar surface area (TPSA) is 52.3 Å². The van der Waals surface area contributed by atoms with Crippen molar-refractivity contribution >= 4 is 23.3 Å². The Morgan fingerprint density at radius 2 is 2.27 bits per heavy atom. The number of hydrogen-bond acceptors (Lipinski definition) is 3. The Kier molecular flexibility index (Phi) is 4.43. The van der Waals surface area contributed by atoms with Crippen LogP contribution in [0.5, 0.6) is 0 Å². The van der Waals surface area contributed by atoms with Crippen LogP contribution in [0.4, 0.5) is 5.69 Å². The minimum absolute atomic E-state index is 0.345. The first-order chi connectivity index (χ1) is 7.19. The van der Waals surface area contributed by atoms with Gasteiger partial charge in [-0.2, -0.15) is 0 Å². The fourth-order valence-corrected chi connectivity index (χ4v) is 1.46. The van der Waals surface area contributed by atoms with E-state index in [0.717, 1.165) is 18.4 Å². The summed E-state index contributed by atoms with van der Waals surface area (Å²) in [4.78, 5) is 11.3.